The number of aromatic nitrogens is 3. The summed E-state index contributed by atoms with van der Waals surface area (Å²) in [5.74, 6) is -0.479. The van der Waals surface area contributed by atoms with E-state index in [1.807, 2.05) is 25.1 Å². The van der Waals surface area contributed by atoms with Gasteiger partial charge in [-0.05, 0) is 36.8 Å². The van der Waals surface area contributed by atoms with Crippen molar-refractivity contribution in [3.05, 3.63) is 76.5 Å². The maximum absolute atomic E-state index is 12.9. The van der Waals surface area contributed by atoms with Crippen molar-refractivity contribution >= 4 is 28.9 Å². The molecule has 0 atom stereocenters. The van der Waals surface area contributed by atoms with E-state index in [4.69, 9.17) is 11.6 Å². The van der Waals surface area contributed by atoms with Crippen molar-refractivity contribution < 1.29 is 9.59 Å². The Labute approximate surface area is 153 Å². The van der Waals surface area contributed by atoms with Gasteiger partial charge in [0.1, 0.15) is 27.9 Å². The van der Waals surface area contributed by atoms with Gasteiger partial charge in [-0.3, -0.25) is 14.6 Å². The zero-order valence-electron chi connectivity index (χ0n) is 13.7. The lowest BCUT2D eigenvalue weighted by Gasteiger charge is -2.15. The number of rotatable bonds is 3. The van der Waals surface area contributed by atoms with Crippen LogP contribution in [0.4, 0.5) is 5.69 Å². The van der Waals surface area contributed by atoms with E-state index in [9.17, 15) is 9.59 Å². The minimum Gasteiger partial charge on any atom is -0.351 e. The fourth-order valence-electron chi connectivity index (χ4n) is 2.77. The molecular weight excluding hydrogens is 352 g/mol. The molecule has 0 fully saturated rings. The van der Waals surface area contributed by atoms with E-state index in [2.05, 4.69) is 20.3 Å². The van der Waals surface area contributed by atoms with E-state index in [1.165, 1.54) is 0 Å². The van der Waals surface area contributed by atoms with Crippen LogP contribution in [0.2, 0.25) is 0 Å². The lowest BCUT2D eigenvalue weighted by molar-refractivity contribution is 0.0977. The maximum atomic E-state index is 12.9. The lowest BCUT2D eigenvalue weighted by Crippen LogP contribution is -2.24. The number of aryl methyl sites for hydroxylation is 1. The number of aromatic amines is 1. The van der Waals surface area contributed by atoms with Crippen LogP contribution in [-0.2, 0) is 0 Å². The molecule has 6 nitrogen and oxygen atoms in total. The molecule has 1 aliphatic rings. The molecule has 1 aromatic carbocycles. The summed E-state index contributed by atoms with van der Waals surface area (Å²) in [5, 5.41) is 2.80. The standard InChI is InChI=1S/C19H13ClN4O2/c1-10-3-2-4-12(9-10)22-14-13(20)17(25)15-16(18(14)26)24-19(23-15)11-5-7-21-8-6-11/h2-9,22H,1H3,(H,23,24). The first-order valence-corrected chi connectivity index (χ1v) is 8.25. The number of nitrogens with zero attached hydrogens (tertiary/aromatic N) is 2. The zero-order valence-corrected chi connectivity index (χ0v) is 14.5. The minimum absolute atomic E-state index is 0.0301. The molecule has 1 aliphatic carbocycles. The van der Waals surface area contributed by atoms with Gasteiger partial charge in [0.15, 0.2) is 0 Å². The van der Waals surface area contributed by atoms with Gasteiger partial charge in [-0.15, -0.1) is 0 Å². The zero-order chi connectivity index (χ0) is 18.3. The highest BCUT2D eigenvalue weighted by Crippen LogP contribution is 2.30. The summed E-state index contributed by atoms with van der Waals surface area (Å²) in [4.78, 5) is 36.6. The average molecular weight is 365 g/mol. The van der Waals surface area contributed by atoms with Gasteiger partial charge in [0, 0.05) is 23.6 Å². The van der Waals surface area contributed by atoms with Crippen molar-refractivity contribution in [2.75, 3.05) is 5.32 Å². The van der Waals surface area contributed by atoms with Crippen LogP contribution in [0.25, 0.3) is 11.4 Å². The number of nitrogens with one attached hydrogen (secondary N) is 2. The molecule has 0 saturated carbocycles. The van der Waals surface area contributed by atoms with Gasteiger partial charge in [-0.1, -0.05) is 23.7 Å². The molecule has 0 aliphatic heterocycles. The third-order valence-electron chi connectivity index (χ3n) is 4.03. The van der Waals surface area contributed by atoms with Gasteiger partial charge >= 0.3 is 0 Å². The summed E-state index contributed by atoms with van der Waals surface area (Å²) in [6.07, 6.45) is 3.22. The van der Waals surface area contributed by atoms with Gasteiger partial charge in [-0.2, -0.15) is 0 Å². The summed E-state index contributed by atoms with van der Waals surface area (Å²) < 4.78 is 0. The first-order chi connectivity index (χ1) is 12.5. The fourth-order valence-corrected chi connectivity index (χ4v) is 3.00. The van der Waals surface area contributed by atoms with E-state index in [0.717, 1.165) is 11.1 Å². The number of hydrogen-bond acceptors (Lipinski definition) is 5. The van der Waals surface area contributed by atoms with Crippen LogP contribution in [0.15, 0.2) is 59.5 Å². The molecule has 2 aromatic heterocycles. The number of halogens is 1. The van der Waals surface area contributed by atoms with Crippen LogP contribution < -0.4 is 5.32 Å². The SMILES string of the molecule is Cc1cccc(NC2=C(Cl)C(=O)c3[nH]c(-c4ccncc4)nc3C2=O)c1. The maximum Gasteiger partial charge on any atom is 0.231 e. The second-order valence-corrected chi connectivity index (χ2v) is 6.26. The summed E-state index contributed by atoms with van der Waals surface area (Å²) in [7, 11) is 0. The number of pyridine rings is 1. The fraction of sp³-hybridized carbons (Fsp3) is 0.0526. The molecular formula is C19H13ClN4O2. The summed E-state index contributed by atoms with van der Waals surface area (Å²) in [6.45, 7) is 1.93. The number of fused-ring (bicyclic) bond motifs is 1. The molecule has 2 heterocycles. The number of allylic oxidation sites excluding steroid dienone is 2. The molecule has 0 saturated heterocycles. The van der Waals surface area contributed by atoms with Crippen LogP contribution in [0.1, 0.15) is 26.5 Å². The second-order valence-electron chi connectivity index (χ2n) is 5.89. The highest BCUT2D eigenvalue weighted by atomic mass is 35.5. The highest BCUT2D eigenvalue weighted by Gasteiger charge is 2.35. The number of carbonyl (C=O) groups excluding carboxylic acids is 2. The van der Waals surface area contributed by atoms with E-state index in [1.54, 1.807) is 30.6 Å². The van der Waals surface area contributed by atoms with E-state index in [0.29, 0.717) is 11.5 Å². The smallest absolute Gasteiger partial charge is 0.231 e. The Morgan fingerprint density at radius 2 is 1.85 bits per heavy atom. The summed E-state index contributed by atoms with van der Waals surface area (Å²) >= 11 is 6.19. The van der Waals surface area contributed by atoms with Crippen LogP contribution in [0.3, 0.4) is 0 Å². The molecule has 128 valence electrons. The van der Waals surface area contributed by atoms with Crippen molar-refractivity contribution in [3.63, 3.8) is 0 Å². The number of Topliss-reactive ketones (excluding diaryl/α,β-unsaturated/α-hetero) is 2. The van der Waals surface area contributed by atoms with Gasteiger partial charge in [-0.25, -0.2) is 4.98 Å². The third kappa shape index (κ3) is 2.70. The Hall–Kier alpha value is -3.25. The van der Waals surface area contributed by atoms with Crippen molar-refractivity contribution in [2.45, 2.75) is 6.92 Å². The Morgan fingerprint density at radius 3 is 2.58 bits per heavy atom. The largest absolute Gasteiger partial charge is 0.351 e. The second kappa shape index (κ2) is 6.24. The predicted molar refractivity (Wildman–Crippen MR) is 98.2 cm³/mol. The number of hydrogen-bond donors (Lipinski definition) is 2. The van der Waals surface area contributed by atoms with Crippen LogP contribution >= 0.6 is 11.6 Å². The molecule has 0 spiro atoms. The summed E-state index contributed by atoms with van der Waals surface area (Å²) in [6, 6.07) is 10.9. The number of benzene rings is 1. The molecule has 0 unspecified atom stereocenters. The lowest BCUT2D eigenvalue weighted by atomic mass is 10.0. The van der Waals surface area contributed by atoms with Crippen LogP contribution in [-0.4, -0.2) is 26.5 Å². The van der Waals surface area contributed by atoms with Gasteiger partial charge < -0.3 is 10.3 Å². The Balaban J connectivity index is 1.74. The van der Waals surface area contributed by atoms with Gasteiger partial charge in [0.2, 0.25) is 11.6 Å². The van der Waals surface area contributed by atoms with Gasteiger partial charge in [0.25, 0.3) is 0 Å². The van der Waals surface area contributed by atoms with Crippen molar-refractivity contribution in [3.8, 4) is 11.4 Å². The third-order valence-corrected chi connectivity index (χ3v) is 4.39. The average Bonchev–Trinajstić information content (AvgIpc) is 3.10. The molecule has 0 bridgehead atoms. The number of H-pyrrole nitrogens is 1. The minimum atomic E-state index is -0.468. The first kappa shape index (κ1) is 16.2. The van der Waals surface area contributed by atoms with E-state index in [-0.39, 0.29) is 22.1 Å². The van der Waals surface area contributed by atoms with Gasteiger partial charge in [0.05, 0.1) is 0 Å². The Morgan fingerprint density at radius 1 is 1.08 bits per heavy atom. The number of anilines is 1. The molecule has 3 aromatic rings. The molecule has 0 amide bonds. The Bertz CT molecular complexity index is 1070. The van der Waals surface area contributed by atoms with E-state index < -0.39 is 11.6 Å². The highest BCUT2D eigenvalue weighted by molar-refractivity contribution is 6.50. The summed E-state index contributed by atoms with van der Waals surface area (Å²) in [5.41, 5.74) is 2.60. The molecule has 2 N–H and O–H groups in total. The van der Waals surface area contributed by atoms with Crippen LogP contribution in [0, 0.1) is 6.92 Å². The number of imidazole rings is 1. The van der Waals surface area contributed by atoms with Crippen LogP contribution in [0.5, 0.6) is 0 Å². The monoisotopic (exact) mass is 364 g/mol. The number of ketones is 2. The topological polar surface area (TPSA) is 87.7 Å². The molecule has 0 radical (unpaired) electrons. The molecule has 26 heavy (non-hydrogen) atoms. The number of carbonyl (C=O) groups is 2. The predicted octanol–water partition coefficient (Wildman–Crippen LogP) is 3.72. The van der Waals surface area contributed by atoms with Crippen molar-refractivity contribution in [2.24, 2.45) is 0 Å². The first-order valence-electron chi connectivity index (χ1n) is 7.88. The molecule has 7 heteroatoms. The molecule has 4 rings (SSSR count). The van der Waals surface area contributed by atoms with E-state index >= 15 is 0 Å². The quantitative estimate of drug-likeness (QED) is 0.739. The van der Waals surface area contributed by atoms with Crippen molar-refractivity contribution in [1.29, 1.82) is 0 Å². The normalized spacial score (nSPS) is 13.8. The Kier molecular flexibility index (Phi) is 3.89. The van der Waals surface area contributed by atoms with Crippen molar-refractivity contribution in [1.82, 2.24) is 15.0 Å².